The minimum Gasteiger partial charge on any atom is -0.329 e. The van der Waals surface area contributed by atoms with Gasteiger partial charge in [0.05, 0.1) is 15.7 Å². The van der Waals surface area contributed by atoms with Crippen LogP contribution in [-0.4, -0.2) is 25.8 Å². The van der Waals surface area contributed by atoms with E-state index in [2.05, 4.69) is 6.92 Å². The fourth-order valence-electron chi connectivity index (χ4n) is 3.45. The maximum Gasteiger partial charge on any atom is 0.183 e. The second kappa shape index (κ2) is 5.99. The van der Waals surface area contributed by atoms with Crippen LogP contribution in [0.25, 0.3) is 0 Å². The molecule has 24 heavy (non-hydrogen) atoms. The number of sulfone groups is 1. The van der Waals surface area contributed by atoms with Gasteiger partial charge in [-0.2, -0.15) is 0 Å². The van der Waals surface area contributed by atoms with Gasteiger partial charge in [0.25, 0.3) is 0 Å². The van der Waals surface area contributed by atoms with Crippen molar-refractivity contribution in [1.82, 2.24) is 0 Å². The normalized spacial score (nSPS) is 26.3. The Bertz CT molecular complexity index is 829. The van der Waals surface area contributed by atoms with Crippen LogP contribution in [0.1, 0.15) is 29.5 Å². The summed E-state index contributed by atoms with van der Waals surface area (Å²) in [5, 5.41) is -0.676. The van der Waals surface area contributed by atoms with E-state index in [-0.39, 0.29) is 12.5 Å². The van der Waals surface area contributed by atoms with Crippen molar-refractivity contribution >= 4 is 9.84 Å². The molecule has 1 aliphatic carbocycles. The van der Waals surface area contributed by atoms with Gasteiger partial charge in [-0.15, -0.1) is 0 Å². The molecule has 128 valence electrons. The highest BCUT2D eigenvalue weighted by Gasteiger charge is 2.68. The van der Waals surface area contributed by atoms with Crippen LogP contribution in [0.3, 0.4) is 0 Å². The molecular weight excluding hydrogens is 320 g/mol. The zero-order valence-electron chi connectivity index (χ0n) is 14.1. The third kappa shape index (κ3) is 2.66. The van der Waals surface area contributed by atoms with Crippen molar-refractivity contribution in [2.45, 2.75) is 41.9 Å². The maximum absolute atomic E-state index is 13.1. The lowest BCUT2D eigenvalue weighted by molar-refractivity contribution is 0.586. The second-order valence-corrected chi connectivity index (χ2v) is 8.74. The van der Waals surface area contributed by atoms with Crippen LogP contribution in [-0.2, 0) is 16.3 Å². The van der Waals surface area contributed by atoms with E-state index in [1.165, 1.54) is 5.56 Å². The molecule has 0 spiro atoms. The fourth-order valence-corrected chi connectivity index (χ4v) is 5.77. The molecule has 0 bridgehead atoms. The molecule has 0 aromatic heterocycles. The quantitative estimate of drug-likeness (QED) is 0.870. The highest BCUT2D eigenvalue weighted by Crippen LogP contribution is 2.55. The smallest absolute Gasteiger partial charge is 0.183 e. The van der Waals surface area contributed by atoms with Crippen molar-refractivity contribution in [3.63, 3.8) is 0 Å². The van der Waals surface area contributed by atoms with Gasteiger partial charge in [-0.25, -0.2) is 8.42 Å². The van der Waals surface area contributed by atoms with Crippen molar-refractivity contribution in [2.24, 2.45) is 11.5 Å². The number of nitrogens with two attached hydrogens (primary N) is 2. The molecule has 2 aromatic carbocycles. The molecule has 0 saturated heterocycles. The molecule has 4 nitrogen and oxygen atoms in total. The molecule has 0 heterocycles. The summed E-state index contributed by atoms with van der Waals surface area (Å²) < 4.78 is 26.1. The summed E-state index contributed by atoms with van der Waals surface area (Å²) in [6, 6.07) is 14.9. The summed E-state index contributed by atoms with van der Waals surface area (Å²) in [5.41, 5.74) is 14.5. The van der Waals surface area contributed by atoms with Gasteiger partial charge in [-0.05, 0) is 36.6 Å². The van der Waals surface area contributed by atoms with Gasteiger partial charge in [0.1, 0.15) is 0 Å². The Balaban J connectivity index is 1.98. The highest BCUT2D eigenvalue weighted by molar-refractivity contribution is 7.92. The van der Waals surface area contributed by atoms with Crippen LogP contribution in [0.5, 0.6) is 0 Å². The molecule has 1 fully saturated rings. The number of rotatable bonds is 5. The van der Waals surface area contributed by atoms with Gasteiger partial charge in [-0.3, -0.25) is 0 Å². The standard InChI is InChI=1S/C19H24N2O2S/c1-3-14-6-8-15(9-7-14)17-18(19(17,21)12-20)24(22,23)16-10-4-13(2)5-11-16/h4-11,17-18H,3,12,20-21H2,1-2H3/t17-,18-,19+/m0/s1. The summed E-state index contributed by atoms with van der Waals surface area (Å²) in [7, 11) is -3.52. The lowest BCUT2D eigenvalue weighted by Crippen LogP contribution is -2.39. The second-order valence-electron chi connectivity index (χ2n) is 6.67. The fraction of sp³-hybridized carbons (Fsp3) is 0.368. The first-order valence-corrected chi connectivity index (χ1v) is 9.77. The van der Waals surface area contributed by atoms with Gasteiger partial charge in [0, 0.05) is 12.5 Å². The van der Waals surface area contributed by atoms with E-state index < -0.39 is 20.6 Å². The number of hydrogen-bond acceptors (Lipinski definition) is 4. The summed E-state index contributed by atoms with van der Waals surface area (Å²) in [4.78, 5) is 0.314. The van der Waals surface area contributed by atoms with E-state index in [0.29, 0.717) is 4.90 Å². The Morgan fingerprint density at radius 3 is 2.12 bits per heavy atom. The molecular formula is C19H24N2O2S. The summed E-state index contributed by atoms with van der Waals surface area (Å²) >= 11 is 0. The summed E-state index contributed by atoms with van der Waals surface area (Å²) in [6.45, 7) is 4.16. The van der Waals surface area contributed by atoms with Crippen LogP contribution in [0, 0.1) is 6.92 Å². The van der Waals surface area contributed by atoms with Crippen molar-refractivity contribution < 1.29 is 8.42 Å². The third-order valence-corrected chi connectivity index (χ3v) is 7.40. The Labute approximate surface area is 143 Å². The van der Waals surface area contributed by atoms with E-state index in [1.54, 1.807) is 24.3 Å². The largest absolute Gasteiger partial charge is 0.329 e. The molecule has 0 amide bonds. The van der Waals surface area contributed by atoms with Gasteiger partial charge >= 0.3 is 0 Å². The molecule has 3 atom stereocenters. The number of aryl methyl sites for hydroxylation is 2. The first kappa shape index (κ1) is 17.1. The molecule has 0 aliphatic heterocycles. The van der Waals surface area contributed by atoms with Crippen molar-refractivity contribution in [1.29, 1.82) is 0 Å². The van der Waals surface area contributed by atoms with Gasteiger partial charge < -0.3 is 11.5 Å². The van der Waals surface area contributed by atoms with Crippen molar-refractivity contribution in [3.8, 4) is 0 Å². The molecule has 2 aromatic rings. The topological polar surface area (TPSA) is 86.2 Å². The van der Waals surface area contributed by atoms with Crippen molar-refractivity contribution in [3.05, 3.63) is 65.2 Å². The summed E-state index contributed by atoms with van der Waals surface area (Å²) in [5.74, 6) is -0.264. The predicted molar refractivity (Wildman–Crippen MR) is 96.7 cm³/mol. The lowest BCUT2D eigenvalue weighted by Gasteiger charge is -2.09. The lowest BCUT2D eigenvalue weighted by atomic mass is 10.0. The number of hydrogen-bond donors (Lipinski definition) is 2. The predicted octanol–water partition coefficient (Wildman–Crippen LogP) is 2.15. The Morgan fingerprint density at radius 2 is 1.62 bits per heavy atom. The Hall–Kier alpha value is -1.69. The molecule has 3 rings (SSSR count). The SMILES string of the molecule is CCc1ccc([C@H]2[C@H](S(=O)(=O)c3ccc(C)cc3)[C@@]2(N)CN)cc1. The summed E-state index contributed by atoms with van der Waals surface area (Å²) in [6.07, 6.45) is 0.945. The highest BCUT2D eigenvalue weighted by atomic mass is 32.2. The molecule has 5 heteroatoms. The van der Waals surface area contributed by atoms with Gasteiger partial charge in [0.15, 0.2) is 9.84 Å². The first-order chi connectivity index (χ1) is 11.3. The molecule has 1 aliphatic rings. The average molecular weight is 344 g/mol. The minimum atomic E-state index is -3.52. The maximum atomic E-state index is 13.1. The molecule has 4 N–H and O–H groups in total. The van der Waals surface area contributed by atoms with E-state index in [9.17, 15) is 8.42 Å². The van der Waals surface area contributed by atoms with E-state index in [0.717, 1.165) is 17.5 Å². The number of benzene rings is 2. The van der Waals surface area contributed by atoms with Crippen LogP contribution in [0.15, 0.2) is 53.4 Å². The van der Waals surface area contributed by atoms with Gasteiger partial charge in [-0.1, -0.05) is 48.9 Å². The molecule has 1 saturated carbocycles. The average Bonchev–Trinajstić information content (AvgIpc) is 3.23. The van der Waals surface area contributed by atoms with Crippen LogP contribution >= 0.6 is 0 Å². The Morgan fingerprint density at radius 1 is 1.04 bits per heavy atom. The van der Waals surface area contributed by atoms with Crippen LogP contribution in [0.2, 0.25) is 0 Å². The van der Waals surface area contributed by atoms with Crippen LogP contribution in [0.4, 0.5) is 0 Å². The molecule has 0 radical (unpaired) electrons. The molecule has 0 unspecified atom stereocenters. The van der Waals surface area contributed by atoms with E-state index in [4.69, 9.17) is 11.5 Å². The zero-order chi connectivity index (χ0) is 17.5. The third-order valence-electron chi connectivity index (χ3n) is 5.09. The minimum absolute atomic E-state index is 0.142. The van der Waals surface area contributed by atoms with Crippen molar-refractivity contribution in [2.75, 3.05) is 6.54 Å². The Kier molecular flexibility index (Phi) is 4.28. The van der Waals surface area contributed by atoms with E-state index >= 15 is 0 Å². The van der Waals surface area contributed by atoms with E-state index in [1.807, 2.05) is 31.2 Å². The zero-order valence-corrected chi connectivity index (χ0v) is 14.9. The first-order valence-electron chi connectivity index (χ1n) is 8.23. The van der Waals surface area contributed by atoms with Gasteiger partial charge in [0.2, 0.25) is 0 Å². The van der Waals surface area contributed by atoms with Crippen LogP contribution < -0.4 is 11.5 Å². The monoisotopic (exact) mass is 344 g/mol.